The molecule has 0 radical (unpaired) electrons. The summed E-state index contributed by atoms with van der Waals surface area (Å²) in [4.78, 5) is 0. The van der Waals surface area contributed by atoms with Crippen LogP contribution in [0.15, 0.2) is 22.7 Å². The number of halogens is 2. The van der Waals surface area contributed by atoms with Gasteiger partial charge in [-0.3, -0.25) is 0 Å². The monoisotopic (exact) mass is 332 g/mol. The van der Waals surface area contributed by atoms with Crippen LogP contribution in [-0.2, 0) is 20.8 Å². The van der Waals surface area contributed by atoms with Gasteiger partial charge in [0.05, 0.1) is 24.3 Å². The Balaban J connectivity index is 1.62. The molecule has 0 N–H and O–H groups in total. The summed E-state index contributed by atoms with van der Waals surface area (Å²) < 4.78 is 30.2. The minimum atomic E-state index is -0.270. The maximum absolute atomic E-state index is 13.3. The van der Waals surface area contributed by atoms with Crippen LogP contribution in [0.5, 0.6) is 0 Å². The fourth-order valence-electron chi connectivity index (χ4n) is 1.92. The van der Waals surface area contributed by atoms with Crippen LogP contribution in [0.3, 0.4) is 0 Å². The Morgan fingerprint density at radius 2 is 2.21 bits per heavy atom. The van der Waals surface area contributed by atoms with Crippen molar-refractivity contribution in [3.63, 3.8) is 0 Å². The first kappa shape index (κ1) is 14.9. The second kappa shape index (κ2) is 7.94. The van der Waals surface area contributed by atoms with E-state index in [0.717, 1.165) is 31.4 Å². The molecule has 0 bridgehead atoms. The summed E-state index contributed by atoms with van der Waals surface area (Å²) in [5, 5.41) is 0. The predicted octanol–water partition coefficient (Wildman–Crippen LogP) is 3.65. The van der Waals surface area contributed by atoms with Gasteiger partial charge in [0.1, 0.15) is 5.82 Å². The van der Waals surface area contributed by atoms with E-state index >= 15 is 0 Å². The first-order valence-electron chi connectivity index (χ1n) is 6.51. The quantitative estimate of drug-likeness (QED) is 0.744. The summed E-state index contributed by atoms with van der Waals surface area (Å²) in [5.41, 5.74) is 0.800. The fourth-order valence-corrected chi connectivity index (χ4v) is 2.30. The second-order valence-electron chi connectivity index (χ2n) is 4.43. The minimum Gasteiger partial charge on any atom is -0.374 e. The lowest BCUT2D eigenvalue weighted by Crippen LogP contribution is -2.23. The van der Waals surface area contributed by atoms with Gasteiger partial charge in [0.15, 0.2) is 6.29 Å². The smallest absolute Gasteiger partial charge is 0.157 e. The summed E-state index contributed by atoms with van der Waals surface area (Å²) in [6, 6.07) is 4.92. The Morgan fingerprint density at radius 3 is 3.00 bits per heavy atom. The molecule has 1 unspecified atom stereocenters. The van der Waals surface area contributed by atoms with Crippen LogP contribution in [0.4, 0.5) is 4.39 Å². The highest BCUT2D eigenvalue weighted by molar-refractivity contribution is 9.10. The molecule has 1 heterocycles. The van der Waals surface area contributed by atoms with Gasteiger partial charge in [-0.1, -0.05) is 12.1 Å². The van der Waals surface area contributed by atoms with Gasteiger partial charge in [0.2, 0.25) is 0 Å². The molecule has 3 nitrogen and oxygen atoms in total. The zero-order valence-corrected chi connectivity index (χ0v) is 12.3. The van der Waals surface area contributed by atoms with Crippen molar-refractivity contribution in [3.05, 3.63) is 34.1 Å². The summed E-state index contributed by atoms with van der Waals surface area (Å²) >= 11 is 3.21. The highest BCUT2D eigenvalue weighted by Gasteiger charge is 2.13. The standard InChI is InChI=1S/C14H18BrFO3/c15-14-11(4-3-5-12(14)16)10-17-8-9-19-13-6-1-2-7-18-13/h3-5,13H,1-2,6-10H2. The van der Waals surface area contributed by atoms with Crippen molar-refractivity contribution < 1.29 is 18.6 Å². The van der Waals surface area contributed by atoms with E-state index in [4.69, 9.17) is 14.2 Å². The van der Waals surface area contributed by atoms with Crippen LogP contribution < -0.4 is 0 Å². The Hall–Kier alpha value is -0.490. The van der Waals surface area contributed by atoms with Crippen molar-refractivity contribution in [3.8, 4) is 0 Å². The van der Waals surface area contributed by atoms with Crippen molar-refractivity contribution in [1.29, 1.82) is 0 Å². The van der Waals surface area contributed by atoms with Crippen LogP contribution in [0.1, 0.15) is 24.8 Å². The SMILES string of the molecule is Fc1cccc(COCCOC2CCCCO2)c1Br. The molecule has 106 valence electrons. The average Bonchev–Trinajstić information content (AvgIpc) is 2.44. The fraction of sp³-hybridized carbons (Fsp3) is 0.571. The third kappa shape index (κ3) is 4.84. The molecule has 1 fully saturated rings. The Labute approximate surface area is 121 Å². The number of benzene rings is 1. The van der Waals surface area contributed by atoms with Crippen molar-refractivity contribution in [1.82, 2.24) is 0 Å². The molecule has 5 heteroatoms. The van der Waals surface area contributed by atoms with Crippen LogP contribution >= 0.6 is 15.9 Å². The second-order valence-corrected chi connectivity index (χ2v) is 5.23. The number of hydrogen-bond acceptors (Lipinski definition) is 3. The van der Waals surface area contributed by atoms with Gasteiger partial charge in [0.25, 0.3) is 0 Å². The van der Waals surface area contributed by atoms with E-state index in [0.29, 0.717) is 24.3 Å². The summed E-state index contributed by atoms with van der Waals surface area (Å²) in [7, 11) is 0. The molecule has 1 saturated heterocycles. The summed E-state index contributed by atoms with van der Waals surface area (Å²) in [5.74, 6) is -0.270. The van der Waals surface area contributed by atoms with Crippen LogP contribution in [0.2, 0.25) is 0 Å². The molecule has 0 aromatic heterocycles. The van der Waals surface area contributed by atoms with Gasteiger partial charge in [0, 0.05) is 6.61 Å². The van der Waals surface area contributed by atoms with E-state index in [2.05, 4.69) is 15.9 Å². The Morgan fingerprint density at radius 1 is 1.32 bits per heavy atom. The largest absolute Gasteiger partial charge is 0.374 e. The number of ether oxygens (including phenoxy) is 3. The minimum absolute atomic E-state index is 0.0849. The molecule has 0 aliphatic carbocycles. The van der Waals surface area contributed by atoms with Gasteiger partial charge < -0.3 is 14.2 Å². The van der Waals surface area contributed by atoms with Crippen molar-refractivity contribution in [2.75, 3.05) is 19.8 Å². The maximum atomic E-state index is 13.3. The van der Waals surface area contributed by atoms with Gasteiger partial charge in [-0.25, -0.2) is 4.39 Å². The zero-order chi connectivity index (χ0) is 13.5. The van der Waals surface area contributed by atoms with Crippen molar-refractivity contribution in [2.24, 2.45) is 0 Å². The highest BCUT2D eigenvalue weighted by atomic mass is 79.9. The van der Waals surface area contributed by atoms with Gasteiger partial charge >= 0.3 is 0 Å². The normalized spacial score (nSPS) is 19.6. The molecular weight excluding hydrogens is 315 g/mol. The van der Waals surface area contributed by atoms with Crippen LogP contribution in [-0.4, -0.2) is 26.1 Å². The van der Waals surface area contributed by atoms with Crippen molar-refractivity contribution in [2.45, 2.75) is 32.2 Å². The first-order chi connectivity index (χ1) is 9.27. The zero-order valence-electron chi connectivity index (χ0n) is 10.7. The Kier molecular flexibility index (Phi) is 6.23. The third-order valence-electron chi connectivity index (χ3n) is 2.96. The van der Waals surface area contributed by atoms with Gasteiger partial charge in [-0.15, -0.1) is 0 Å². The molecule has 1 aliphatic rings. The lowest BCUT2D eigenvalue weighted by atomic mass is 10.2. The lowest BCUT2D eigenvalue weighted by Gasteiger charge is -2.22. The van der Waals surface area contributed by atoms with Gasteiger partial charge in [-0.2, -0.15) is 0 Å². The maximum Gasteiger partial charge on any atom is 0.157 e. The van der Waals surface area contributed by atoms with E-state index < -0.39 is 0 Å². The van der Waals surface area contributed by atoms with Crippen LogP contribution in [0, 0.1) is 5.82 Å². The van der Waals surface area contributed by atoms with Gasteiger partial charge in [-0.05, 0) is 46.8 Å². The third-order valence-corrected chi connectivity index (χ3v) is 3.85. The molecule has 1 aromatic rings. The van der Waals surface area contributed by atoms with Crippen LogP contribution in [0.25, 0.3) is 0 Å². The van der Waals surface area contributed by atoms with E-state index in [1.807, 2.05) is 6.07 Å². The molecule has 1 aliphatic heterocycles. The molecule has 19 heavy (non-hydrogen) atoms. The van der Waals surface area contributed by atoms with E-state index in [1.165, 1.54) is 6.07 Å². The Bertz CT molecular complexity index is 394. The molecule has 0 saturated carbocycles. The topological polar surface area (TPSA) is 27.7 Å². The highest BCUT2D eigenvalue weighted by Crippen LogP contribution is 2.21. The summed E-state index contributed by atoms with van der Waals surface area (Å²) in [6.45, 7) is 2.12. The molecule has 0 spiro atoms. The van der Waals surface area contributed by atoms with E-state index in [9.17, 15) is 4.39 Å². The van der Waals surface area contributed by atoms with E-state index in [-0.39, 0.29) is 12.1 Å². The predicted molar refractivity (Wildman–Crippen MR) is 73.3 cm³/mol. The molecule has 1 atom stereocenters. The molecule has 0 amide bonds. The first-order valence-corrected chi connectivity index (χ1v) is 7.30. The lowest BCUT2D eigenvalue weighted by molar-refractivity contribution is -0.169. The molecule has 1 aromatic carbocycles. The van der Waals surface area contributed by atoms with E-state index in [1.54, 1.807) is 6.07 Å². The summed E-state index contributed by atoms with van der Waals surface area (Å²) in [6.07, 6.45) is 3.14. The average molecular weight is 333 g/mol. The number of rotatable bonds is 6. The molecule has 2 rings (SSSR count). The van der Waals surface area contributed by atoms with Crippen molar-refractivity contribution >= 4 is 15.9 Å². The molecular formula is C14H18BrFO3. The number of hydrogen-bond donors (Lipinski definition) is 0.